The quantitative estimate of drug-likeness (QED) is 0.478. The summed E-state index contributed by atoms with van der Waals surface area (Å²) in [6, 6.07) is 10.4. The van der Waals surface area contributed by atoms with E-state index >= 15 is 0 Å². The maximum Gasteiger partial charge on any atom is 0.411 e. The van der Waals surface area contributed by atoms with Crippen molar-refractivity contribution >= 4 is 17.1 Å². The topological polar surface area (TPSA) is 35.5 Å². The van der Waals surface area contributed by atoms with E-state index in [4.69, 9.17) is 4.74 Å². The van der Waals surface area contributed by atoms with E-state index < -0.39 is 19.6 Å². The highest BCUT2D eigenvalue weighted by Gasteiger charge is 2.27. The second kappa shape index (κ2) is 5.92. The highest BCUT2D eigenvalue weighted by atomic mass is 19.4. The normalized spacial score (nSPS) is 11.6. The van der Waals surface area contributed by atoms with Crippen LogP contribution in [0.15, 0.2) is 36.4 Å². The van der Waals surface area contributed by atoms with E-state index in [0.29, 0.717) is 17.2 Å². The number of carbonyl (C=O) groups is 1. The smallest absolute Gasteiger partial charge is 0.411 e. The van der Waals surface area contributed by atoms with Gasteiger partial charge in [-0.05, 0) is 16.8 Å². The average molecular weight is 284 g/mol. The number of fused-ring (bicyclic) bond motifs is 1. The lowest BCUT2D eigenvalue weighted by Crippen LogP contribution is -2.19. The number of hydrogen-bond acceptors (Lipinski definition) is 3. The van der Waals surface area contributed by atoms with Crippen LogP contribution >= 0.6 is 0 Å². The third-order valence-corrected chi connectivity index (χ3v) is 2.61. The van der Waals surface area contributed by atoms with Gasteiger partial charge < -0.3 is 9.47 Å². The van der Waals surface area contributed by atoms with Gasteiger partial charge in [0.15, 0.2) is 13.1 Å². The molecule has 0 saturated heterocycles. The molecule has 0 spiro atoms. The number of carbonyl (C=O) groups excluding carboxylic acids is 1. The number of aldehydes is 1. The first-order valence-corrected chi connectivity index (χ1v) is 5.75. The highest BCUT2D eigenvalue weighted by Crippen LogP contribution is 2.26. The fraction of sp³-hybridized carbons (Fsp3) is 0.214. The van der Waals surface area contributed by atoms with Crippen LogP contribution in [0.2, 0.25) is 0 Å². The summed E-state index contributed by atoms with van der Waals surface area (Å²) in [5, 5.41) is 1.52. The largest absolute Gasteiger partial charge is 0.467 e. The first-order valence-electron chi connectivity index (χ1n) is 5.75. The molecule has 2 aromatic rings. The molecular formula is C14H11F3O3. The van der Waals surface area contributed by atoms with Gasteiger partial charge in [0, 0.05) is 0 Å². The van der Waals surface area contributed by atoms with Gasteiger partial charge in [-0.15, -0.1) is 0 Å². The zero-order valence-electron chi connectivity index (χ0n) is 10.3. The molecule has 0 aliphatic rings. The fourth-order valence-corrected chi connectivity index (χ4v) is 1.79. The molecule has 106 valence electrons. The van der Waals surface area contributed by atoms with Gasteiger partial charge in [0.2, 0.25) is 0 Å². The molecule has 0 unspecified atom stereocenters. The van der Waals surface area contributed by atoms with Gasteiger partial charge in [0.1, 0.15) is 12.4 Å². The van der Waals surface area contributed by atoms with Crippen molar-refractivity contribution in [3.8, 4) is 5.75 Å². The summed E-state index contributed by atoms with van der Waals surface area (Å²) >= 11 is 0. The number of alkyl halides is 3. The number of rotatable bonds is 5. The standard InChI is InChI=1S/C14H11F3O3/c15-14(16,17)8-19-9-20-13-6-5-10-3-1-2-4-11(10)12(13)7-18/h1-7H,8-9H2. The van der Waals surface area contributed by atoms with Crippen LogP contribution in [-0.4, -0.2) is 25.9 Å². The molecular weight excluding hydrogens is 273 g/mol. The Morgan fingerprint density at radius 1 is 1.10 bits per heavy atom. The van der Waals surface area contributed by atoms with Crippen LogP contribution in [0.3, 0.4) is 0 Å². The molecule has 0 aliphatic carbocycles. The van der Waals surface area contributed by atoms with Gasteiger partial charge in [-0.3, -0.25) is 4.79 Å². The third-order valence-electron chi connectivity index (χ3n) is 2.61. The van der Waals surface area contributed by atoms with Gasteiger partial charge in [-0.2, -0.15) is 13.2 Å². The third kappa shape index (κ3) is 3.48. The molecule has 0 bridgehead atoms. The van der Waals surface area contributed by atoms with Gasteiger partial charge >= 0.3 is 6.18 Å². The molecule has 6 heteroatoms. The second-order valence-corrected chi connectivity index (χ2v) is 4.04. The molecule has 2 rings (SSSR count). The Morgan fingerprint density at radius 2 is 1.85 bits per heavy atom. The van der Waals surface area contributed by atoms with Crippen molar-refractivity contribution in [3.05, 3.63) is 42.0 Å². The van der Waals surface area contributed by atoms with E-state index in [1.54, 1.807) is 18.2 Å². The predicted molar refractivity (Wildman–Crippen MR) is 66.8 cm³/mol. The van der Waals surface area contributed by atoms with Crippen molar-refractivity contribution < 1.29 is 27.4 Å². The Balaban J connectivity index is 2.12. The monoisotopic (exact) mass is 284 g/mol. The summed E-state index contributed by atoms with van der Waals surface area (Å²) in [5.74, 6) is 0.195. The molecule has 0 atom stereocenters. The van der Waals surface area contributed by atoms with E-state index in [2.05, 4.69) is 4.74 Å². The fourth-order valence-electron chi connectivity index (χ4n) is 1.79. The van der Waals surface area contributed by atoms with Crippen LogP contribution in [0.5, 0.6) is 5.75 Å². The van der Waals surface area contributed by atoms with Crippen molar-refractivity contribution in [1.29, 1.82) is 0 Å². The van der Waals surface area contributed by atoms with Gasteiger partial charge in [0.05, 0.1) is 5.56 Å². The maximum absolute atomic E-state index is 11.9. The van der Waals surface area contributed by atoms with Crippen LogP contribution in [-0.2, 0) is 4.74 Å². The highest BCUT2D eigenvalue weighted by molar-refractivity contribution is 6.00. The Bertz CT molecular complexity index is 608. The second-order valence-electron chi connectivity index (χ2n) is 4.04. The summed E-state index contributed by atoms with van der Waals surface area (Å²) < 4.78 is 45.1. The molecule has 0 aromatic heterocycles. The zero-order chi connectivity index (χ0) is 14.6. The Kier molecular flexibility index (Phi) is 4.24. The zero-order valence-corrected chi connectivity index (χ0v) is 10.3. The molecule has 0 radical (unpaired) electrons. The molecule has 0 amide bonds. The van der Waals surface area contributed by atoms with Crippen LogP contribution in [0.1, 0.15) is 10.4 Å². The van der Waals surface area contributed by atoms with Crippen molar-refractivity contribution in [2.75, 3.05) is 13.4 Å². The van der Waals surface area contributed by atoms with E-state index in [-0.39, 0.29) is 5.75 Å². The van der Waals surface area contributed by atoms with E-state index in [0.717, 1.165) is 5.39 Å². The molecule has 0 fully saturated rings. The van der Waals surface area contributed by atoms with E-state index in [1.165, 1.54) is 6.07 Å². The summed E-state index contributed by atoms with van der Waals surface area (Å²) in [6.45, 7) is -1.96. The van der Waals surface area contributed by atoms with Crippen molar-refractivity contribution in [3.63, 3.8) is 0 Å². The predicted octanol–water partition coefficient (Wildman–Crippen LogP) is 3.57. The minimum atomic E-state index is -4.40. The first kappa shape index (κ1) is 14.3. The Hall–Kier alpha value is -2.08. The van der Waals surface area contributed by atoms with Crippen molar-refractivity contribution in [2.24, 2.45) is 0 Å². The molecule has 2 aromatic carbocycles. The lowest BCUT2D eigenvalue weighted by Gasteiger charge is -2.12. The lowest BCUT2D eigenvalue weighted by molar-refractivity contribution is -0.186. The van der Waals surface area contributed by atoms with Crippen LogP contribution in [0.25, 0.3) is 10.8 Å². The lowest BCUT2D eigenvalue weighted by atomic mass is 10.0. The van der Waals surface area contributed by atoms with Gasteiger partial charge in [-0.25, -0.2) is 0 Å². The maximum atomic E-state index is 11.9. The summed E-state index contributed by atoms with van der Waals surface area (Å²) in [6.07, 6.45) is -3.79. The summed E-state index contributed by atoms with van der Waals surface area (Å²) in [7, 11) is 0. The van der Waals surface area contributed by atoms with E-state index in [9.17, 15) is 18.0 Å². The number of ether oxygens (including phenoxy) is 2. The van der Waals surface area contributed by atoms with E-state index in [1.807, 2.05) is 12.1 Å². The van der Waals surface area contributed by atoms with Crippen LogP contribution < -0.4 is 4.74 Å². The van der Waals surface area contributed by atoms with Crippen LogP contribution in [0.4, 0.5) is 13.2 Å². The average Bonchev–Trinajstić information content (AvgIpc) is 2.42. The summed E-state index contributed by atoms with van der Waals surface area (Å²) in [5.41, 5.74) is 0.290. The van der Waals surface area contributed by atoms with Gasteiger partial charge in [0.25, 0.3) is 0 Å². The number of benzene rings is 2. The van der Waals surface area contributed by atoms with Gasteiger partial charge in [-0.1, -0.05) is 30.3 Å². The van der Waals surface area contributed by atoms with Crippen LogP contribution in [0, 0.1) is 0 Å². The molecule has 3 nitrogen and oxygen atoms in total. The molecule has 0 heterocycles. The SMILES string of the molecule is O=Cc1c(OCOCC(F)(F)F)ccc2ccccc12. The molecule has 0 saturated carbocycles. The minimum absolute atomic E-state index is 0.195. The Morgan fingerprint density at radius 3 is 2.55 bits per heavy atom. The molecule has 20 heavy (non-hydrogen) atoms. The van der Waals surface area contributed by atoms with Crippen molar-refractivity contribution in [2.45, 2.75) is 6.18 Å². The molecule has 0 N–H and O–H groups in total. The molecule has 0 aliphatic heterocycles. The first-order chi connectivity index (χ1) is 9.51. The number of hydrogen-bond donors (Lipinski definition) is 0. The van der Waals surface area contributed by atoms with Crippen molar-refractivity contribution in [1.82, 2.24) is 0 Å². The number of halogens is 3. The summed E-state index contributed by atoms with van der Waals surface area (Å²) in [4.78, 5) is 11.1. The Labute approximate surface area is 112 Å². The minimum Gasteiger partial charge on any atom is -0.467 e.